The van der Waals surface area contributed by atoms with Gasteiger partial charge in [0.25, 0.3) is 5.91 Å². The Bertz CT molecular complexity index is 907. The SMILES string of the molecule is CCOc1c(Br)cc(/C=C2/NC(=O)N(c3cccc(Cl)c3)C2=O)cc1Br. The van der Waals surface area contributed by atoms with Gasteiger partial charge in [-0.05, 0) is 80.8 Å². The minimum Gasteiger partial charge on any atom is -0.492 e. The number of carbonyl (C=O) groups is 2. The van der Waals surface area contributed by atoms with E-state index in [0.29, 0.717) is 23.1 Å². The van der Waals surface area contributed by atoms with Gasteiger partial charge in [-0.15, -0.1) is 0 Å². The van der Waals surface area contributed by atoms with Crippen LogP contribution in [0.2, 0.25) is 5.02 Å². The van der Waals surface area contributed by atoms with Crippen LogP contribution in [0.4, 0.5) is 10.5 Å². The lowest BCUT2D eigenvalue weighted by Crippen LogP contribution is -2.30. The van der Waals surface area contributed by atoms with Crippen LogP contribution < -0.4 is 15.0 Å². The predicted molar refractivity (Wildman–Crippen MR) is 108 cm³/mol. The quantitative estimate of drug-likeness (QED) is 0.454. The van der Waals surface area contributed by atoms with Gasteiger partial charge in [-0.25, -0.2) is 9.69 Å². The van der Waals surface area contributed by atoms with E-state index in [0.717, 1.165) is 19.4 Å². The molecule has 0 spiro atoms. The number of halogens is 3. The number of carbonyl (C=O) groups excluding carboxylic acids is 2. The monoisotopic (exact) mass is 498 g/mol. The molecule has 0 radical (unpaired) electrons. The standard InChI is InChI=1S/C18H13Br2ClN2O3/c1-2-26-16-13(19)6-10(7-14(16)20)8-15-17(24)23(18(25)22-15)12-5-3-4-11(21)9-12/h3-9H,2H2,1H3,(H,22,25)/b15-8+. The van der Waals surface area contributed by atoms with Crippen LogP contribution in [0.3, 0.4) is 0 Å². The van der Waals surface area contributed by atoms with Gasteiger partial charge in [0.1, 0.15) is 11.4 Å². The molecule has 1 N–H and O–H groups in total. The third-order valence-electron chi connectivity index (χ3n) is 3.56. The van der Waals surface area contributed by atoms with Crippen molar-refractivity contribution in [2.24, 2.45) is 0 Å². The van der Waals surface area contributed by atoms with Crippen LogP contribution >= 0.6 is 43.5 Å². The van der Waals surface area contributed by atoms with Gasteiger partial charge in [-0.2, -0.15) is 0 Å². The van der Waals surface area contributed by atoms with Crippen molar-refractivity contribution in [1.82, 2.24) is 5.32 Å². The number of nitrogens with zero attached hydrogens (tertiary/aromatic N) is 1. The average molecular weight is 501 g/mol. The number of hydrogen-bond acceptors (Lipinski definition) is 3. The fourth-order valence-electron chi connectivity index (χ4n) is 2.50. The minimum absolute atomic E-state index is 0.179. The first kappa shape index (κ1) is 18.9. The van der Waals surface area contributed by atoms with Gasteiger partial charge < -0.3 is 10.1 Å². The van der Waals surface area contributed by atoms with Gasteiger partial charge in [0.2, 0.25) is 0 Å². The normalized spacial score (nSPS) is 15.5. The molecule has 1 heterocycles. The molecule has 2 aromatic carbocycles. The summed E-state index contributed by atoms with van der Waals surface area (Å²) in [5, 5.41) is 3.04. The number of amides is 3. The molecule has 8 heteroatoms. The van der Waals surface area contributed by atoms with Crippen LogP contribution in [0.1, 0.15) is 12.5 Å². The predicted octanol–water partition coefficient (Wildman–Crippen LogP) is 5.36. The molecule has 5 nitrogen and oxygen atoms in total. The van der Waals surface area contributed by atoms with Crippen LogP contribution in [0.25, 0.3) is 6.08 Å². The number of benzene rings is 2. The summed E-state index contributed by atoms with van der Waals surface area (Å²) >= 11 is 12.9. The summed E-state index contributed by atoms with van der Waals surface area (Å²) in [7, 11) is 0. The number of nitrogens with one attached hydrogen (secondary N) is 1. The van der Waals surface area contributed by atoms with Crippen LogP contribution in [-0.4, -0.2) is 18.5 Å². The van der Waals surface area contributed by atoms with Gasteiger partial charge in [-0.3, -0.25) is 4.79 Å². The van der Waals surface area contributed by atoms with E-state index in [4.69, 9.17) is 16.3 Å². The first-order chi connectivity index (χ1) is 12.4. The molecule has 0 unspecified atom stereocenters. The Labute approximate surface area is 172 Å². The van der Waals surface area contributed by atoms with Crippen molar-refractivity contribution in [3.8, 4) is 5.75 Å². The molecule has 1 aliphatic rings. The lowest BCUT2D eigenvalue weighted by molar-refractivity contribution is -0.113. The second-order valence-electron chi connectivity index (χ2n) is 5.36. The molecule has 3 amide bonds. The highest BCUT2D eigenvalue weighted by atomic mass is 79.9. The van der Waals surface area contributed by atoms with E-state index in [9.17, 15) is 9.59 Å². The molecular formula is C18H13Br2ClN2O3. The Kier molecular flexibility index (Phi) is 5.70. The third-order valence-corrected chi connectivity index (χ3v) is 4.98. The minimum atomic E-state index is -0.521. The van der Waals surface area contributed by atoms with E-state index in [1.54, 1.807) is 30.3 Å². The van der Waals surface area contributed by atoms with E-state index < -0.39 is 11.9 Å². The van der Waals surface area contributed by atoms with E-state index >= 15 is 0 Å². The summed E-state index contributed by atoms with van der Waals surface area (Å²) in [6.07, 6.45) is 1.61. The second-order valence-corrected chi connectivity index (χ2v) is 7.50. The number of imide groups is 1. The molecule has 3 rings (SSSR count). The summed E-state index contributed by atoms with van der Waals surface area (Å²) in [4.78, 5) is 25.9. The largest absolute Gasteiger partial charge is 0.492 e. The average Bonchev–Trinajstić information content (AvgIpc) is 2.85. The molecule has 1 saturated heterocycles. The molecule has 0 aromatic heterocycles. The maximum Gasteiger partial charge on any atom is 0.333 e. The van der Waals surface area contributed by atoms with Crippen molar-refractivity contribution in [2.75, 3.05) is 11.5 Å². The van der Waals surface area contributed by atoms with Crippen molar-refractivity contribution in [3.63, 3.8) is 0 Å². The van der Waals surface area contributed by atoms with Crippen molar-refractivity contribution in [3.05, 3.63) is 61.6 Å². The molecule has 0 bridgehead atoms. The summed E-state index contributed by atoms with van der Waals surface area (Å²) in [5.74, 6) is 0.232. The number of hydrogen-bond donors (Lipinski definition) is 1. The first-order valence-electron chi connectivity index (χ1n) is 7.65. The maximum absolute atomic E-state index is 12.7. The number of rotatable bonds is 4. The molecule has 1 aliphatic heterocycles. The zero-order valence-corrected chi connectivity index (χ0v) is 17.5. The van der Waals surface area contributed by atoms with Gasteiger partial charge in [0.15, 0.2) is 0 Å². The van der Waals surface area contributed by atoms with E-state index in [1.807, 2.05) is 19.1 Å². The van der Waals surface area contributed by atoms with Gasteiger partial charge in [0, 0.05) is 5.02 Å². The van der Waals surface area contributed by atoms with E-state index in [-0.39, 0.29) is 5.70 Å². The maximum atomic E-state index is 12.7. The van der Waals surface area contributed by atoms with Gasteiger partial charge in [-0.1, -0.05) is 17.7 Å². The molecule has 0 atom stereocenters. The molecule has 2 aromatic rings. The number of ether oxygens (including phenoxy) is 1. The topological polar surface area (TPSA) is 58.6 Å². The van der Waals surface area contributed by atoms with Crippen LogP contribution in [-0.2, 0) is 4.79 Å². The number of anilines is 1. The number of urea groups is 1. The lowest BCUT2D eigenvalue weighted by atomic mass is 10.2. The highest BCUT2D eigenvalue weighted by Gasteiger charge is 2.35. The smallest absolute Gasteiger partial charge is 0.333 e. The van der Waals surface area contributed by atoms with E-state index in [1.165, 1.54) is 0 Å². The third kappa shape index (κ3) is 3.79. The Balaban J connectivity index is 1.93. The molecule has 134 valence electrons. The molecular weight excluding hydrogens is 487 g/mol. The fourth-order valence-corrected chi connectivity index (χ4v) is 4.13. The van der Waals surface area contributed by atoms with Crippen molar-refractivity contribution in [1.29, 1.82) is 0 Å². The Morgan fingerprint density at radius 1 is 1.19 bits per heavy atom. The lowest BCUT2D eigenvalue weighted by Gasteiger charge is -2.11. The van der Waals surface area contributed by atoms with Crippen LogP contribution in [0.15, 0.2) is 51.0 Å². The van der Waals surface area contributed by atoms with Gasteiger partial charge >= 0.3 is 6.03 Å². The van der Waals surface area contributed by atoms with E-state index in [2.05, 4.69) is 37.2 Å². The highest BCUT2D eigenvalue weighted by molar-refractivity contribution is 9.11. The summed E-state index contributed by atoms with van der Waals surface area (Å²) in [5.41, 5.74) is 1.32. The van der Waals surface area contributed by atoms with Crippen molar-refractivity contribution >= 4 is 67.2 Å². The van der Waals surface area contributed by atoms with Crippen LogP contribution in [0, 0.1) is 0 Å². The molecule has 0 saturated carbocycles. The zero-order valence-electron chi connectivity index (χ0n) is 13.6. The summed E-state index contributed by atoms with van der Waals surface area (Å²) in [6, 6.07) is 9.67. The molecule has 26 heavy (non-hydrogen) atoms. The van der Waals surface area contributed by atoms with Crippen molar-refractivity contribution in [2.45, 2.75) is 6.92 Å². The Morgan fingerprint density at radius 2 is 1.88 bits per heavy atom. The zero-order chi connectivity index (χ0) is 18.8. The summed E-state index contributed by atoms with van der Waals surface area (Å²) in [6.45, 7) is 2.42. The van der Waals surface area contributed by atoms with Crippen LogP contribution in [0.5, 0.6) is 5.75 Å². The first-order valence-corrected chi connectivity index (χ1v) is 9.61. The summed E-state index contributed by atoms with van der Waals surface area (Å²) < 4.78 is 7.02. The Hall–Kier alpha value is -1.83. The van der Waals surface area contributed by atoms with Crippen molar-refractivity contribution < 1.29 is 14.3 Å². The molecule has 0 aliphatic carbocycles. The highest BCUT2D eigenvalue weighted by Crippen LogP contribution is 2.35. The van der Waals surface area contributed by atoms with Gasteiger partial charge in [0.05, 0.1) is 21.2 Å². The second kappa shape index (κ2) is 7.82. The fraction of sp³-hybridized carbons (Fsp3) is 0.111. The molecule has 1 fully saturated rings. The Morgan fingerprint density at radius 3 is 2.50 bits per heavy atom.